The maximum absolute atomic E-state index is 3.23. The van der Waals surface area contributed by atoms with E-state index in [0.717, 1.165) is 12.7 Å². The summed E-state index contributed by atoms with van der Waals surface area (Å²) in [5.74, 6) is 6.25. The Kier molecular flexibility index (Phi) is 3.60. The summed E-state index contributed by atoms with van der Waals surface area (Å²) in [5, 5.41) is 0. The van der Waals surface area contributed by atoms with Crippen molar-refractivity contribution < 1.29 is 21.5 Å². The highest BCUT2D eigenvalue weighted by Gasteiger charge is 2.56. The third-order valence-corrected chi connectivity index (χ3v) is 4.34. The molecule has 3 aliphatic rings. The first-order valence-corrected chi connectivity index (χ1v) is 6.09. The van der Waals surface area contributed by atoms with Gasteiger partial charge in [0.1, 0.15) is 0 Å². The molecule has 0 saturated carbocycles. The molecule has 0 aromatic carbocycles. The Morgan fingerprint density at radius 2 is 1.75 bits per heavy atom. The van der Waals surface area contributed by atoms with Crippen LogP contribution in [0.1, 0.15) is 13.3 Å². The summed E-state index contributed by atoms with van der Waals surface area (Å²) < 4.78 is 1.31. The van der Waals surface area contributed by atoms with Gasteiger partial charge in [0.25, 0.3) is 0 Å². The summed E-state index contributed by atoms with van der Waals surface area (Å²) >= 11 is 0. The van der Waals surface area contributed by atoms with Crippen molar-refractivity contribution in [1.82, 2.24) is 9.80 Å². The first-order chi connectivity index (χ1) is 7.36. The summed E-state index contributed by atoms with van der Waals surface area (Å²) in [7, 11) is 0. The lowest BCUT2D eigenvalue weighted by Crippen LogP contribution is -3.00. The van der Waals surface area contributed by atoms with Crippen molar-refractivity contribution in [2.45, 2.75) is 19.6 Å². The molecule has 3 nitrogen and oxygen atoms in total. The predicted molar refractivity (Wildman–Crippen MR) is 59.9 cm³/mol. The van der Waals surface area contributed by atoms with E-state index in [9.17, 15) is 0 Å². The first-order valence-electron chi connectivity index (χ1n) is 6.09. The standard InChI is InChI=1S/C12H20N3.BrH/c1-2-3-4-9-15-10-7-13-5-6-14(8-11-15)12(13)15;/h12H,4-11H2,1H3;1H/q+1;/p-1. The van der Waals surface area contributed by atoms with Gasteiger partial charge in [0, 0.05) is 13.1 Å². The second-order valence-electron chi connectivity index (χ2n) is 4.98. The number of hydrogen-bond donors (Lipinski definition) is 0. The van der Waals surface area contributed by atoms with Gasteiger partial charge in [-0.1, -0.05) is 5.92 Å². The highest BCUT2D eigenvalue weighted by atomic mass is 79.9. The minimum atomic E-state index is 0. The van der Waals surface area contributed by atoms with Crippen LogP contribution < -0.4 is 17.0 Å². The van der Waals surface area contributed by atoms with Gasteiger partial charge in [-0.25, -0.2) is 9.80 Å². The van der Waals surface area contributed by atoms with E-state index in [0.29, 0.717) is 0 Å². The molecule has 3 heterocycles. The minimum absolute atomic E-state index is 0. The van der Waals surface area contributed by atoms with Crippen molar-refractivity contribution in [3.63, 3.8) is 0 Å². The van der Waals surface area contributed by atoms with Crippen molar-refractivity contribution in [3.8, 4) is 11.8 Å². The highest BCUT2D eigenvalue weighted by Crippen LogP contribution is 2.35. The van der Waals surface area contributed by atoms with E-state index < -0.39 is 0 Å². The molecule has 4 heteroatoms. The molecule has 0 bridgehead atoms. The van der Waals surface area contributed by atoms with Crippen LogP contribution in [0.5, 0.6) is 0 Å². The van der Waals surface area contributed by atoms with Gasteiger partial charge in [0.05, 0.1) is 39.1 Å². The van der Waals surface area contributed by atoms with E-state index in [1.807, 2.05) is 6.92 Å². The fraction of sp³-hybridized carbons (Fsp3) is 0.833. The van der Waals surface area contributed by atoms with Crippen LogP contribution in [-0.2, 0) is 0 Å². The van der Waals surface area contributed by atoms with E-state index in [-0.39, 0.29) is 17.0 Å². The van der Waals surface area contributed by atoms with Crippen molar-refractivity contribution in [2.24, 2.45) is 0 Å². The number of quaternary nitrogens is 1. The quantitative estimate of drug-likeness (QED) is 0.398. The van der Waals surface area contributed by atoms with Gasteiger partial charge in [-0.2, -0.15) is 0 Å². The van der Waals surface area contributed by atoms with Crippen LogP contribution in [0, 0.1) is 11.8 Å². The lowest BCUT2D eigenvalue weighted by molar-refractivity contribution is -0.936. The summed E-state index contributed by atoms with van der Waals surface area (Å²) in [6.07, 6.45) is 1.80. The van der Waals surface area contributed by atoms with Gasteiger partial charge in [-0.3, -0.25) is 4.48 Å². The summed E-state index contributed by atoms with van der Waals surface area (Å²) in [4.78, 5) is 5.35. The lowest BCUT2D eigenvalue weighted by atomic mass is 10.3. The predicted octanol–water partition coefficient (Wildman–Crippen LogP) is -2.85. The molecular weight excluding hydrogens is 266 g/mol. The second kappa shape index (κ2) is 4.66. The molecule has 0 aromatic rings. The zero-order valence-electron chi connectivity index (χ0n) is 9.95. The van der Waals surface area contributed by atoms with Gasteiger partial charge in [0.15, 0.2) is 0 Å². The smallest absolute Gasteiger partial charge is 0.205 e. The van der Waals surface area contributed by atoms with Gasteiger partial charge in [-0.15, -0.1) is 5.92 Å². The fourth-order valence-corrected chi connectivity index (χ4v) is 3.61. The van der Waals surface area contributed by atoms with E-state index in [2.05, 4.69) is 21.6 Å². The first kappa shape index (κ1) is 12.4. The molecule has 0 N–H and O–H groups in total. The number of rotatable bonds is 2. The lowest BCUT2D eigenvalue weighted by Gasteiger charge is -2.34. The molecule has 16 heavy (non-hydrogen) atoms. The Labute approximate surface area is 109 Å². The van der Waals surface area contributed by atoms with Gasteiger partial charge >= 0.3 is 0 Å². The average Bonchev–Trinajstić information content (AvgIpc) is 2.85. The second-order valence-corrected chi connectivity index (χ2v) is 4.98. The van der Waals surface area contributed by atoms with Crippen molar-refractivity contribution in [1.29, 1.82) is 0 Å². The summed E-state index contributed by atoms with van der Waals surface area (Å²) in [5.41, 5.74) is 0. The molecule has 3 fully saturated rings. The SMILES string of the molecule is CC#CCC[N+]12CCN3CCN(CC1)C32.[Br-]. The summed E-state index contributed by atoms with van der Waals surface area (Å²) in [6, 6.07) is 0. The number of halogens is 1. The maximum atomic E-state index is 3.23. The molecule has 0 spiro atoms. The van der Waals surface area contributed by atoms with Crippen LogP contribution in [0.2, 0.25) is 0 Å². The molecule has 0 radical (unpaired) electrons. The number of nitrogens with zero attached hydrogens (tertiary/aromatic N) is 3. The Morgan fingerprint density at radius 3 is 2.31 bits per heavy atom. The van der Waals surface area contributed by atoms with Gasteiger partial charge < -0.3 is 17.0 Å². The van der Waals surface area contributed by atoms with E-state index in [1.165, 1.54) is 50.3 Å². The zero-order valence-corrected chi connectivity index (χ0v) is 11.5. The monoisotopic (exact) mass is 285 g/mol. The molecule has 3 saturated heterocycles. The van der Waals surface area contributed by atoms with Crippen LogP contribution >= 0.6 is 0 Å². The van der Waals surface area contributed by atoms with E-state index in [1.54, 1.807) is 0 Å². The van der Waals surface area contributed by atoms with Gasteiger partial charge in [0.2, 0.25) is 6.29 Å². The third kappa shape index (κ3) is 1.70. The van der Waals surface area contributed by atoms with Crippen molar-refractivity contribution in [3.05, 3.63) is 0 Å². The average molecular weight is 286 g/mol. The highest BCUT2D eigenvalue weighted by molar-refractivity contribution is 4.95. The molecule has 0 atom stereocenters. The minimum Gasteiger partial charge on any atom is -1.00 e. The van der Waals surface area contributed by atoms with Crippen LogP contribution in [0.4, 0.5) is 0 Å². The Bertz CT molecular complexity index is 304. The van der Waals surface area contributed by atoms with Crippen LogP contribution in [-0.4, -0.2) is 66.4 Å². The van der Waals surface area contributed by atoms with Crippen LogP contribution in [0.15, 0.2) is 0 Å². The molecular formula is C12H20BrN3. The van der Waals surface area contributed by atoms with E-state index in [4.69, 9.17) is 0 Å². The van der Waals surface area contributed by atoms with Crippen molar-refractivity contribution in [2.75, 3.05) is 45.8 Å². The largest absolute Gasteiger partial charge is 1.00 e. The van der Waals surface area contributed by atoms with Crippen LogP contribution in [0.3, 0.4) is 0 Å². The fourth-order valence-electron chi connectivity index (χ4n) is 3.61. The number of hydrogen-bond acceptors (Lipinski definition) is 2. The zero-order chi connectivity index (χ0) is 10.3. The molecule has 0 aliphatic carbocycles. The summed E-state index contributed by atoms with van der Waals surface area (Å²) in [6.45, 7) is 11.1. The molecule has 90 valence electrons. The molecule has 0 aromatic heterocycles. The topological polar surface area (TPSA) is 6.48 Å². The Balaban J connectivity index is 0.000000963. The third-order valence-electron chi connectivity index (χ3n) is 4.34. The normalized spacial score (nSPS) is 36.7. The van der Waals surface area contributed by atoms with Crippen LogP contribution in [0.25, 0.3) is 0 Å². The Morgan fingerprint density at radius 1 is 1.12 bits per heavy atom. The molecule has 0 unspecified atom stereocenters. The van der Waals surface area contributed by atoms with Crippen molar-refractivity contribution >= 4 is 0 Å². The van der Waals surface area contributed by atoms with Gasteiger partial charge in [-0.05, 0) is 6.92 Å². The molecule has 3 rings (SSSR count). The molecule has 0 amide bonds. The Hall–Kier alpha value is -0.0800. The van der Waals surface area contributed by atoms with E-state index >= 15 is 0 Å². The molecule has 3 aliphatic heterocycles. The maximum Gasteiger partial charge on any atom is 0.205 e.